The number of hydrogen-bond donors (Lipinski definition) is 2. The molecule has 0 spiro atoms. The van der Waals surface area contributed by atoms with Gasteiger partial charge in [-0.2, -0.15) is 0 Å². The first kappa shape index (κ1) is 17.3. The normalized spacial score (nSPS) is 28.9. The molecule has 1 heterocycles. The van der Waals surface area contributed by atoms with E-state index in [0.29, 0.717) is 10.0 Å². The Labute approximate surface area is 152 Å². The molecule has 0 aliphatic carbocycles. The molecule has 24 heavy (non-hydrogen) atoms. The second-order valence-corrected chi connectivity index (χ2v) is 7.20. The van der Waals surface area contributed by atoms with Crippen molar-refractivity contribution in [2.24, 2.45) is 17.0 Å². The van der Waals surface area contributed by atoms with Crippen LogP contribution in [-0.2, 0) is 0 Å². The van der Waals surface area contributed by atoms with Crippen LogP contribution in [0, 0.1) is 11.8 Å². The van der Waals surface area contributed by atoms with E-state index in [1.807, 2.05) is 48.5 Å². The minimum absolute atomic E-state index is 0.0463. The van der Waals surface area contributed by atoms with E-state index in [1.54, 1.807) is 0 Å². The first-order valence-corrected chi connectivity index (χ1v) is 8.75. The molecule has 0 radical (unpaired) electrons. The van der Waals surface area contributed by atoms with Crippen LogP contribution in [-0.4, -0.2) is 10.9 Å². The molecule has 1 fully saturated rings. The third-order valence-corrected chi connectivity index (χ3v) is 5.37. The van der Waals surface area contributed by atoms with Crippen LogP contribution >= 0.6 is 23.2 Å². The minimum Gasteiger partial charge on any atom is -0.411 e. The molecule has 3 nitrogen and oxygen atoms in total. The maximum Gasteiger partial charge on any atom is 0.0664 e. The van der Waals surface area contributed by atoms with Gasteiger partial charge < -0.3 is 10.5 Å². The van der Waals surface area contributed by atoms with E-state index >= 15 is 0 Å². The molecule has 2 aromatic rings. The Hall–Kier alpha value is -1.55. The van der Waals surface area contributed by atoms with Gasteiger partial charge in [-0.25, -0.2) is 0 Å². The summed E-state index contributed by atoms with van der Waals surface area (Å²) in [7, 11) is 0. The zero-order chi connectivity index (χ0) is 17.3. The molecule has 3 rings (SSSR count). The molecule has 5 heteroatoms. The van der Waals surface area contributed by atoms with Gasteiger partial charge in [-0.3, -0.25) is 0 Å². The zero-order valence-electron chi connectivity index (χ0n) is 13.6. The first-order valence-electron chi connectivity index (χ1n) is 8.00. The van der Waals surface area contributed by atoms with Gasteiger partial charge in [0.15, 0.2) is 0 Å². The van der Waals surface area contributed by atoms with Gasteiger partial charge in [0, 0.05) is 34.0 Å². The predicted octanol–water partition coefficient (Wildman–Crippen LogP) is 5.48. The topological polar surface area (TPSA) is 44.6 Å². The molecule has 0 unspecified atom stereocenters. The van der Waals surface area contributed by atoms with E-state index in [2.05, 4.69) is 24.3 Å². The molecule has 1 saturated heterocycles. The lowest BCUT2D eigenvalue weighted by molar-refractivity contribution is 0.271. The van der Waals surface area contributed by atoms with Crippen molar-refractivity contribution < 1.29 is 5.21 Å². The van der Waals surface area contributed by atoms with Gasteiger partial charge in [-0.05, 0) is 35.4 Å². The van der Waals surface area contributed by atoms with Crippen LogP contribution in [0.2, 0.25) is 10.0 Å². The maximum absolute atomic E-state index is 9.57. The molecular weight excluding hydrogens is 343 g/mol. The summed E-state index contributed by atoms with van der Waals surface area (Å²) in [6, 6.07) is 15.7. The Morgan fingerprint density at radius 3 is 1.50 bits per heavy atom. The van der Waals surface area contributed by atoms with Crippen molar-refractivity contribution in [1.29, 1.82) is 0 Å². The van der Waals surface area contributed by atoms with Crippen molar-refractivity contribution >= 4 is 28.9 Å². The van der Waals surface area contributed by atoms with Crippen molar-refractivity contribution in [3.63, 3.8) is 0 Å². The second kappa shape index (κ2) is 7.14. The van der Waals surface area contributed by atoms with Gasteiger partial charge in [-0.1, -0.05) is 66.5 Å². The van der Waals surface area contributed by atoms with Crippen LogP contribution in [0.5, 0.6) is 0 Å². The van der Waals surface area contributed by atoms with Gasteiger partial charge >= 0.3 is 0 Å². The fourth-order valence-electron chi connectivity index (χ4n) is 3.53. The highest BCUT2D eigenvalue weighted by Gasteiger charge is 2.39. The number of oxime groups is 1. The fourth-order valence-corrected chi connectivity index (χ4v) is 3.78. The van der Waals surface area contributed by atoms with Crippen molar-refractivity contribution in [3.8, 4) is 0 Å². The molecular formula is C19H20Cl2N2O. The Bertz CT molecular complexity index is 669. The lowest BCUT2D eigenvalue weighted by atomic mass is 9.75. The molecule has 0 saturated carbocycles. The Kier molecular flexibility index (Phi) is 5.14. The van der Waals surface area contributed by atoms with Gasteiger partial charge in [0.05, 0.1) is 5.71 Å². The summed E-state index contributed by atoms with van der Waals surface area (Å²) in [5.41, 5.74) is 3.05. The standard InChI is InChI=1S/C19H20Cl2N2O/c1-11-17(23-24)12(2)19(14-5-9-16(21)10-6-14)22-18(11)13-3-7-15(20)8-4-13/h3-12,18-19,22,24H,1-2H3/t11-,12+,18+,19-. The molecule has 1 aliphatic rings. The summed E-state index contributed by atoms with van der Waals surface area (Å²) in [6.45, 7) is 4.16. The maximum atomic E-state index is 9.57. The SMILES string of the molecule is C[C@@H]1C(=NO)[C@H](C)[C@H](c2ccc(Cl)cc2)N[C@@H]1c1ccc(Cl)cc1. The van der Waals surface area contributed by atoms with Crippen LogP contribution in [0.3, 0.4) is 0 Å². The number of rotatable bonds is 2. The van der Waals surface area contributed by atoms with Gasteiger partial charge in [0.25, 0.3) is 0 Å². The number of nitrogens with zero attached hydrogens (tertiary/aromatic N) is 1. The summed E-state index contributed by atoms with van der Waals surface area (Å²) in [6.07, 6.45) is 0. The van der Waals surface area contributed by atoms with Gasteiger partial charge in [0.2, 0.25) is 0 Å². The Balaban J connectivity index is 1.98. The van der Waals surface area contributed by atoms with E-state index in [4.69, 9.17) is 23.2 Å². The zero-order valence-corrected chi connectivity index (χ0v) is 15.1. The van der Waals surface area contributed by atoms with Crippen LogP contribution in [0.1, 0.15) is 37.1 Å². The summed E-state index contributed by atoms with van der Waals surface area (Å²) >= 11 is 12.0. The third-order valence-electron chi connectivity index (χ3n) is 4.87. The van der Waals surface area contributed by atoms with Crippen molar-refractivity contribution in [1.82, 2.24) is 5.32 Å². The number of benzene rings is 2. The number of piperidine rings is 1. The second-order valence-electron chi connectivity index (χ2n) is 6.33. The van der Waals surface area contributed by atoms with Crippen LogP contribution in [0.15, 0.2) is 53.7 Å². The highest BCUT2D eigenvalue weighted by molar-refractivity contribution is 6.30. The third kappa shape index (κ3) is 3.30. The Morgan fingerprint density at radius 2 is 1.17 bits per heavy atom. The molecule has 0 amide bonds. The quantitative estimate of drug-likeness (QED) is 0.548. The number of hydrogen-bond acceptors (Lipinski definition) is 3. The largest absolute Gasteiger partial charge is 0.411 e. The molecule has 2 aromatic carbocycles. The fraction of sp³-hybridized carbons (Fsp3) is 0.316. The minimum atomic E-state index is 0.0463. The lowest BCUT2D eigenvalue weighted by Crippen LogP contribution is -2.46. The molecule has 4 atom stereocenters. The predicted molar refractivity (Wildman–Crippen MR) is 99.1 cm³/mol. The van der Waals surface area contributed by atoms with E-state index in [0.717, 1.165) is 16.8 Å². The summed E-state index contributed by atoms with van der Waals surface area (Å²) in [5, 5.41) is 18.3. The van der Waals surface area contributed by atoms with Crippen LogP contribution in [0.4, 0.5) is 0 Å². The van der Waals surface area contributed by atoms with Gasteiger partial charge in [-0.15, -0.1) is 0 Å². The molecule has 126 valence electrons. The van der Waals surface area contributed by atoms with E-state index in [1.165, 1.54) is 0 Å². The monoisotopic (exact) mass is 362 g/mol. The highest BCUT2D eigenvalue weighted by Crippen LogP contribution is 2.39. The van der Waals surface area contributed by atoms with Crippen molar-refractivity contribution in [3.05, 3.63) is 69.7 Å². The lowest BCUT2D eigenvalue weighted by Gasteiger charge is -2.41. The molecule has 0 bridgehead atoms. The molecule has 2 N–H and O–H groups in total. The number of nitrogens with one attached hydrogen (secondary N) is 1. The van der Waals surface area contributed by atoms with Crippen LogP contribution in [0.25, 0.3) is 0 Å². The smallest absolute Gasteiger partial charge is 0.0664 e. The highest BCUT2D eigenvalue weighted by atomic mass is 35.5. The van der Waals surface area contributed by atoms with E-state index in [9.17, 15) is 5.21 Å². The summed E-state index contributed by atoms with van der Waals surface area (Å²) in [4.78, 5) is 0. The van der Waals surface area contributed by atoms with Crippen molar-refractivity contribution in [2.45, 2.75) is 25.9 Å². The summed E-state index contributed by atoms with van der Waals surface area (Å²) < 4.78 is 0. The van der Waals surface area contributed by atoms with Crippen molar-refractivity contribution in [2.75, 3.05) is 0 Å². The molecule has 1 aliphatic heterocycles. The number of halogens is 2. The summed E-state index contributed by atoms with van der Waals surface area (Å²) in [5.74, 6) is 0.157. The van der Waals surface area contributed by atoms with E-state index < -0.39 is 0 Å². The first-order chi connectivity index (χ1) is 11.5. The van der Waals surface area contributed by atoms with Crippen LogP contribution < -0.4 is 5.32 Å². The Morgan fingerprint density at radius 1 is 0.792 bits per heavy atom. The van der Waals surface area contributed by atoms with E-state index in [-0.39, 0.29) is 23.9 Å². The molecule has 0 aromatic heterocycles. The van der Waals surface area contributed by atoms with Gasteiger partial charge in [0.1, 0.15) is 0 Å². The average molecular weight is 363 g/mol. The average Bonchev–Trinajstić information content (AvgIpc) is 2.58.